The second-order valence-electron chi connectivity index (χ2n) is 12.5. The van der Waals surface area contributed by atoms with Crippen molar-refractivity contribution in [3.63, 3.8) is 0 Å². The Labute approximate surface area is 252 Å². The Kier molecular flexibility index (Phi) is 7.60. The molecular weight excluding hydrogens is 542 g/mol. The van der Waals surface area contributed by atoms with E-state index in [9.17, 15) is 19.5 Å². The molecule has 224 valence electrons. The summed E-state index contributed by atoms with van der Waals surface area (Å²) in [6, 6.07) is 23.4. The molecule has 3 aromatic rings. The minimum atomic E-state index is -1.19. The Bertz CT molecular complexity index is 1530. The molecule has 3 aliphatic rings. The van der Waals surface area contributed by atoms with Gasteiger partial charge in [0, 0.05) is 12.2 Å². The summed E-state index contributed by atoms with van der Waals surface area (Å²) in [5, 5.41) is 16.8. The van der Waals surface area contributed by atoms with Crippen molar-refractivity contribution in [3.8, 4) is 0 Å². The molecule has 1 spiro atoms. The van der Waals surface area contributed by atoms with E-state index in [1.165, 1.54) is 4.90 Å². The number of rotatable bonds is 9. The third kappa shape index (κ3) is 5.02. The number of hydrogen-bond acceptors (Lipinski definition) is 5. The molecule has 0 aromatic heterocycles. The first-order valence-electron chi connectivity index (χ1n) is 15.0. The van der Waals surface area contributed by atoms with Crippen molar-refractivity contribution >= 4 is 23.4 Å². The fraction of sp³-hybridized carbons (Fsp3) is 0.400. The number of aliphatic hydroxyl groups excluding tert-OH is 1. The average molecular weight is 582 g/mol. The zero-order valence-electron chi connectivity index (χ0n) is 24.9. The number of fused-ring (bicyclic) bond motifs is 1. The molecule has 3 heterocycles. The van der Waals surface area contributed by atoms with Crippen LogP contribution in [0.5, 0.6) is 0 Å². The summed E-state index contributed by atoms with van der Waals surface area (Å²) >= 11 is 0. The van der Waals surface area contributed by atoms with Gasteiger partial charge in [-0.3, -0.25) is 14.4 Å². The van der Waals surface area contributed by atoms with E-state index in [0.717, 1.165) is 22.3 Å². The van der Waals surface area contributed by atoms with Gasteiger partial charge in [-0.25, -0.2) is 0 Å². The first-order valence-corrected chi connectivity index (χ1v) is 15.0. The van der Waals surface area contributed by atoms with Gasteiger partial charge in [0.05, 0.1) is 30.1 Å². The van der Waals surface area contributed by atoms with Gasteiger partial charge in [-0.2, -0.15) is 0 Å². The summed E-state index contributed by atoms with van der Waals surface area (Å²) in [5.74, 6) is -2.56. The lowest BCUT2D eigenvalue weighted by Crippen LogP contribution is -2.57. The fourth-order valence-corrected chi connectivity index (χ4v) is 7.56. The number of aliphatic hydroxyl groups is 1. The first-order chi connectivity index (χ1) is 20.7. The lowest BCUT2D eigenvalue weighted by molar-refractivity contribution is -0.148. The smallest absolute Gasteiger partial charge is 0.250 e. The van der Waals surface area contributed by atoms with Crippen LogP contribution < -0.4 is 10.6 Å². The van der Waals surface area contributed by atoms with Crippen LogP contribution >= 0.6 is 0 Å². The lowest BCUT2D eigenvalue weighted by Gasteiger charge is -2.37. The largest absolute Gasteiger partial charge is 0.394 e. The maximum Gasteiger partial charge on any atom is 0.250 e. The quantitative estimate of drug-likeness (QED) is 0.355. The van der Waals surface area contributed by atoms with E-state index in [1.54, 1.807) is 0 Å². The van der Waals surface area contributed by atoms with Crippen LogP contribution in [0, 0.1) is 25.7 Å². The van der Waals surface area contributed by atoms with Gasteiger partial charge in [-0.15, -0.1) is 0 Å². The third-order valence-corrected chi connectivity index (χ3v) is 9.62. The Morgan fingerprint density at radius 1 is 0.977 bits per heavy atom. The monoisotopic (exact) mass is 581 g/mol. The molecular formula is C35H39N3O5. The predicted molar refractivity (Wildman–Crippen MR) is 163 cm³/mol. The minimum absolute atomic E-state index is 0.259. The van der Waals surface area contributed by atoms with Crippen LogP contribution in [0.4, 0.5) is 5.69 Å². The topological polar surface area (TPSA) is 108 Å². The molecule has 2 bridgehead atoms. The Morgan fingerprint density at radius 3 is 2.33 bits per heavy atom. The Hall–Kier alpha value is -4.01. The van der Waals surface area contributed by atoms with E-state index >= 15 is 0 Å². The van der Waals surface area contributed by atoms with Crippen molar-refractivity contribution < 1.29 is 24.2 Å². The number of ether oxygens (including phenoxy) is 1. The molecule has 3 saturated heterocycles. The zero-order valence-corrected chi connectivity index (χ0v) is 24.9. The van der Waals surface area contributed by atoms with Gasteiger partial charge in [0.25, 0.3) is 0 Å². The minimum Gasteiger partial charge on any atom is -0.394 e. The van der Waals surface area contributed by atoms with Gasteiger partial charge in [-0.1, -0.05) is 72.8 Å². The van der Waals surface area contributed by atoms with Crippen molar-refractivity contribution in [1.82, 2.24) is 10.2 Å². The number of benzene rings is 3. The Morgan fingerprint density at radius 2 is 1.65 bits per heavy atom. The zero-order chi connectivity index (χ0) is 30.4. The molecule has 0 aliphatic carbocycles. The van der Waals surface area contributed by atoms with Crippen LogP contribution in [-0.4, -0.2) is 57.6 Å². The molecule has 3 amide bonds. The number of amides is 3. The molecule has 3 aliphatic heterocycles. The van der Waals surface area contributed by atoms with E-state index in [4.69, 9.17) is 4.74 Å². The highest BCUT2D eigenvalue weighted by atomic mass is 16.5. The van der Waals surface area contributed by atoms with Crippen LogP contribution in [-0.2, 0) is 32.1 Å². The molecule has 8 heteroatoms. The molecule has 6 rings (SSSR count). The van der Waals surface area contributed by atoms with Crippen molar-refractivity contribution in [1.29, 1.82) is 0 Å². The third-order valence-electron chi connectivity index (χ3n) is 9.62. The number of nitrogens with zero attached hydrogens (tertiary/aromatic N) is 1. The van der Waals surface area contributed by atoms with Crippen LogP contribution in [0.25, 0.3) is 0 Å². The molecule has 8 nitrogen and oxygen atoms in total. The average Bonchev–Trinajstić information content (AvgIpc) is 3.58. The molecule has 0 saturated carbocycles. The highest BCUT2D eigenvalue weighted by Gasteiger charge is 2.78. The van der Waals surface area contributed by atoms with Gasteiger partial charge in [0.1, 0.15) is 11.6 Å². The summed E-state index contributed by atoms with van der Waals surface area (Å²) in [6.07, 6.45) is 1.37. The van der Waals surface area contributed by atoms with Crippen LogP contribution in [0.1, 0.15) is 42.0 Å². The van der Waals surface area contributed by atoms with Crippen molar-refractivity contribution in [2.24, 2.45) is 11.8 Å². The SMILES string of the molecule is Cc1ccc(C)c(NC(=O)C2N([C@@H](CO)Cc3ccccc3)C(=O)[C@@H]3[C@@H](C(=O)NCc4ccccc4)[C@@]4(C)CCC23O4)c1. The van der Waals surface area contributed by atoms with Gasteiger partial charge in [0.15, 0.2) is 0 Å². The number of likely N-dealkylation sites (tertiary alicyclic amines) is 1. The summed E-state index contributed by atoms with van der Waals surface area (Å²) in [7, 11) is 0. The second-order valence-corrected chi connectivity index (χ2v) is 12.5. The van der Waals surface area contributed by atoms with Gasteiger partial charge >= 0.3 is 0 Å². The van der Waals surface area contributed by atoms with E-state index in [0.29, 0.717) is 31.5 Å². The summed E-state index contributed by atoms with van der Waals surface area (Å²) < 4.78 is 6.76. The number of carbonyl (C=O) groups excluding carboxylic acids is 3. The summed E-state index contributed by atoms with van der Waals surface area (Å²) in [5.41, 5.74) is 2.37. The van der Waals surface area contributed by atoms with E-state index in [2.05, 4.69) is 10.6 Å². The molecule has 2 unspecified atom stereocenters. The molecule has 3 aromatic carbocycles. The predicted octanol–water partition coefficient (Wildman–Crippen LogP) is 3.93. The highest BCUT2D eigenvalue weighted by molar-refractivity contribution is 6.04. The van der Waals surface area contributed by atoms with Crippen molar-refractivity contribution in [2.45, 2.75) is 69.9 Å². The van der Waals surface area contributed by atoms with Crippen LogP contribution in [0.3, 0.4) is 0 Å². The molecule has 6 atom stereocenters. The summed E-state index contributed by atoms with van der Waals surface area (Å²) in [6.45, 7) is 5.76. The first kappa shape index (κ1) is 29.1. The lowest BCUT2D eigenvalue weighted by atomic mass is 9.66. The maximum absolute atomic E-state index is 14.6. The molecule has 0 radical (unpaired) electrons. The Balaban J connectivity index is 1.37. The fourth-order valence-electron chi connectivity index (χ4n) is 7.56. The molecule has 3 N–H and O–H groups in total. The van der Waals surface area contributed by atoms with Crippen molar-refractivity contribution in [2.75, 3.05) is 11.9 Å². The number of carbonyl (C=O) groups is 3. The highest BCUT2D eigenvalue weighted by Crippen LogP contribution is 2.63. The maximum atomic E-state index is 14.6. The van der Waals surface area contributed by atoms with E-state index in [-0.39, 0.29) is 24.3 Å². The number of nitrogens with one attached hydrogen (secondary N) is 2. The molecule has 3 fully saturated rings. The van der Waals surface area contributed by atoms with Gasteiger partial charge in [-0.05, 0) is 68.4 Å². The van der Waals surface area contributed by atoms with Crippen LogP contribution in [0.2, 0.25) is 0 Å². The second kappa shape index (κ2) is 11.2. The van der Waals surface area contributed by atoms with E-state index < -0.39 is 35.1 Å². The standard InChI is InChI=1S/C35H39N3O5/c1-22-14-15-23(2)27(18-22)37-32(41)30-35-17-16-34(3,43-35)28(31(40)36-20-25-12-8-5-9-13-25)29(35)33(42)38(30)26(21-39)19-24-10-6-4-7-11-24/h4-15,18,26,28-30,39H,16-17,19-21H2,1-3H3,(H,36,40)(H,37,41)/t26-,28+,29+,30?,34-,35?/m1/s1. The normalized spacial score (nSPS) is 28.0. The van der Waals surface area contributed by atoms with Gasteiger partial charge in [0.2, 0.25) is 17.7 Å². The number of aryl methyl sites for hydroxylation is 2. The van der Waals surface area contributed by atoms with E-state index in [1.807, 2.05) is 99.6 Å². The number of hydrogen-bond donors (Lipinski definition) is 3. The number of anilines is 1. The van der Waals surface area contributed by atoms with Crippen molar-refractivity contribution in [3.05, 3.63) is 101 Å². The van der Waals surface area contributed by atoms with Gasteiger partial charge < -0.3 is 25.4 Å². The molecule has 43 heavy (non-hydrogen) atoms. The summed E-state index contributed by atoms with van der Waals surface area (Å²) in [4.78, 5) is 44.3. The van der Waals surface area contributed by atoms with Crippen LogP contribution in [0.15, 0.2) is 78.9 Å².